The quantitative estimate of drug-likeness (QED) is 0.265. The minimum absolute atomic E-state index is 0.312. The fourth-order valence-corrected chi connectivity index (χ4v) is 5.62. The van der Waals surface area contributed by atoms with Gasteiger partial charge >= 0.3 is 0 Å². The second-order valence-corrected chi connectivity index (χ2v) is 11.4. The van der Waals surface area contributed by atoms with Gasteiger partial charge in [0.2, 0.25) is 10.0 Å². The molecule has 6 nitrogen and oxygen atoms in total. The van der Waals surface area contributed by atoms with Crippen LogP contribution in [-0.4, -0.2) is 29.4 Å². The molecule has 0 aliphatic rings. The second-order valence-electron chi connectivity index (χ2n) is 7.82. The summed E-state index contributed by atoms with van der Waals surface area (Å²) in [5, 5.41) is 10.1. The molecule has 1 aromatic heterocycles. The topological polar surface area (TPSA) is 76.9 Å². The summed E-state index contributed by atoms with van der Waals surface area (Å²) in [4.78, 5) is 0. The summed E-state index contributed by atoms with van der Waals surface area (Å²) < 4.78 is 42.2. The zero-order valence-electron chi connectivity index (χ0n) is 18.5. The molecule has 3 aromatic carbocycles. The number of sulfonamides is 1. The first-order valence-electron chi connectivity index (χ1n) is 10.5. The maximum atomic E-state index is 13.3. The van der Waals surface area contributed by atoms with E-state index in [0.29, 0.717) is 38.9 Å². The summed E-state index contributed by atoms with van der Waals surface area (Å²) in [5.74, 6) is 0.560. The smallest absolute Gasteiger partial charge is 0.209 e. The average Bonchev–Trinajstić information content (AvgIpc) is 3.22. The molecule has 0 aliphatic carbocycles. The molecule has 0 saturated heterocycles. The first kappa shape index (κ1) is 25.7. The molecule has 11 heteroatoms. The number of halogens is 3. The van der Waals surface area contributed by atoms with Crippen molar-refractivity contribution in [3.05, 3.63) is 106 Å². The van der Waals surface area contributed by atoms with E-state index in [4.69, 9.17) is 23.2 Å². The van der Waals surface area contributed by atoms with Crippen LogP contribution in [0, 0.1) is 5.82 Å². The van der Waals surface area contributed by atoms with E-state index in [0.717, 1.165) is 17.4 Å². The molecular weight excluding hydrogens is 530 g/mol. The summed E-state index contributed by atoms with van der Waals surface area (Å²) in [7, 11) is -3.58. The van der Waals surface area contributed by atoms with Crippen molar-refractivity contribution in [3.8, 4) is 5.69 Å². The second kappa shape index (κ2) is 11.1. The lowest BCUT2D eigenvalue weighted by atomic mass is 10.1. The van der Waals surface area contributed by atoms with Crippen molar-refractivity contribution in [3.63, 3.8) is 0 Å². The van der Waals surface area contributed by atoms with Gasteiger partial charge in [0.1, 0.15) is 5.82 Å². The van der Waals surface area contributed by atoms with Gasteiger partial charge in [-0.05, 0) is 47.9 Å². The standard InChI is InChI=1S/C24H21Cl2FN4O2S2/c1-35(32,33)30-21(13-16-5-3-2-4-6-16)23-28-29-24(34-15-17-7-10-19(27)11-8-17)31(23)22-12-9-18(25)14-20(22)26/h2-12,14,21,30H,13,15H2,1H3. The summed E-state index contributed by atoms with van der Waals surface area (Å²) in [6, 6.07) is 20.0. The molecule has 0 aliphatic heterocycles. The van der Waals surface area contributed by atoms with E-state index in [1.165, 1.54) is 23.9 Å². The van der Waals surface area contributed by atoms with E-state index in [2.05, 4.69) is 14.9 Å². The largest absolute Gasteiger partial charge is 0.271 e. The highest BCUT2D eigenvalue weighted by molar-refractivity contribution is 7.98. The monoisotopic (exact) mass is 550 g/mol. The lowest BCUT2D eigenvalue weighted by Gasteiger charge is -2.20. The highest BCUT2D eigenvalue weighted by Crippen LogP contribution is 2.33. The fourth-order valence-electron chi connectivity index (χ4n) is 3.51. The molecule has 0 radical (unpaired) electrons. The van der Waals surface area contributed by atoms with E-state index in [1.807, 2.05) is 30.3 Å². The molecule has 182 valence electrons. The molecular formula is C24H21Cl2FN4O2S2. The number of hydrogen-bond acceptors (Lipinski definition) is 5. The summed E-state index contributed by atoms with van der Waals surface area (Å²) in [6.45, 7) is 0. The molecule has 1 unspecified atom stereocenters. The van der Waals surface area contributed by atoms with Crippen molar-refractivity contribution in [1.29, 1.82) is 0 Å². The van der Waals surface area contributed by atoms with Crippen molar-refractivity contribution >= 4 is 45.0 Å². The molecule has 0 bridgehead atoms. The number of benzene rings is 3. The van der Waals surface area contributed by atoms with Crippen LogP contribution in [0.2, 0.25) is 10.0 Å². The van der Waals surface area contributed by atoms with Gasteiger partial charge in [0.05, 0.1) is 23.0 Å². The van der Waals surface area contributed by atoms with E-state index < -0.39 is 16.1 Å². The van der Waals surface area contributed by atoms with Crippen molar-refractivity contribution < 1.29 is 12.8 Å². The van der Waals surface area contributed by atoms with Gasteiger partial charge in [0, 0.05) is 10.8 Å². The number of thioether (sulfide) groups is 1. The van der Waals surface area contributed by atoms with Gasteiger partial charge in [-0.3, -0.25) is 4.57 Å². The summed E-state index contributed by atoms with van der Waals surface area (Å²) >= 11 is 14.0. The zero-order valence-corrected chi connectivity index (χ0v) is 21.7. The normalized spacial score (nSPS) is 12.6. The van der Waals surface area contributed by atoms with E-state index in [-0.39, 0.29) is 5.82 Å². The lowest BCUT2D eigenvalue weighted by Crippen LogP contribution is -2.31. The fraction of sp³-hybridized carbons (Fsp3) is 0.167. The van der Waals surface area contributed by atoms with Crippen LogP contribution in [0.25, 0.3) is 5.69 Å². The minimum atomic E-state index is -3.58. The van der Waals surface area contributed by atoms with E-state index in [1.54, 1.807) is 34.9 Å². The van der Waals surface area contributed by atoms with Crippen LogP contribution in [0.1, 0.15) is 23.0 Å². The van der Waals surface area contributed by atoms with Gasteiger partial charge in [0.15, 0.2) is 11.0 Å². The van der Waals surface area contributed by atoms with Crippen LogP contribution in [0.5, 0.6) is 0 Å². The SMILES string of the molecule is CS(=O)(=O)NC(Cc1ccccc1)c1nnc(SCc2ccc(F)cc2)n1-c1ccc(Cl)cc1Cl. The van der Waals surface area contributed by atoms with Gasteiger partial charge in [-0.1, -0.05) is 77.4 Å². The van der Waals surface area contributed by atoms with Gasteiger partial charge in [-0.2, -0.15) is 0 Å². The molecule has 0 fully saturated rings. The molecule has 4 aromatic rings. The number of rotatable bonds is 9. The van der Waals surface area contributed by atoms with Crippen molar-refractivity contribution in [2.75, 3.05) is 6.26 Å². The highest BCUT2D eigenvalue weighted by Gasteiger charge is 2.26. The van der Waals surface area contributed by atoms with Gasteiger partial charge < -0.3 is 0 Å². The maximum Gasteiger partial charge on any atom is 0.209 e. The van der Waals surface area contributed by atoms with E-state index >= 15 is 0 Å². The Morgan fingerprint density at radius 2 is 1.71 bits per heavy atom. The number of aromatic nitrogens is 3. The van der Waals surface area contributed by atoms with Crippen LogP contribution in [0.4, 0.5) is 4.39 Å². The van der Waals surface area contributed by atoms with Crippen molar-refractivity contribution in [1.82, 2.24) is 19.5 Å². The maximum absolute atomic E-state index is 13.3. The van der Waals surface area contributed by atoms with Crippen molar-refractivity contribution in [2.45, 2.75) is 23.4 Å². The third-order valence-corrected chi connectivity index (χ3v) is 7.29. The van der Waals surface area contributed by atoms with Crippen molar-refractivity contribution in [2.24, 2.45) is 0 Å². The molecule has 1 atom stereocenters. The van der Waals surface area contributed by atoms with Crippen LogP contribution in [0.3, 0.4) is 0 Å². The number of nitrogens with one attached hydrogen (secondary N) is 1. The summed E-state index contributed by atoms with van der Waals surface area (Å²) in [5.41, 5.74) is 2.38. The Morgan fingerprint density at radius 1 is 1.00 bits per heavy atom. The Morgan fingerprint density at radius 3 is 2.37 bits per heavy atom. The van der Waals surface area contributed by atoms with Crippen LogP contribution in [-0.2, 0) is 22.2 Å². The van der Waals surface area contributed by atoms with Gasteiger partial charge in [-0.25, -0.2) is 17.5 Å². The summed E-state index contributed by atoms with van der Waals surface area (Å²) in [6.07, 6.45) is 1.45. The van der Waals surface area contributed by atoms with Crippen LogP contribution in [0.15, 0.2) is 78.0 Å². The van der Waals surface area contributed by atoms with Gasteiger partial charge in [0.25, 0.3) is 0 Å². The molecule has 35 heavy (non-hydrogen) atoms. The minimum Gasteiger partial charge on any atom is -0.271 e. The Kier molecular flexibility index (Phi) is 8.13. The lowest BCUT2D eigenvalue weighted by molar-refractivity contribution is 0.542. The molecule has 4 rings (SSSR count). The average molecular weight is 551 g/mol. The molecule has 0 amide bonds. The Hall–Kier alpha value is -2.43. The van der Waals surface area contributed by atoms with Gasteiger partial charge in [-0.15, -0.1) is 10.2 Å². The molecule has 1 heterocycles. The van der Waals surface area contributed by atoms with E-state index in [9.17, 15) is 12.8 Å². The Balaban J connectivity index is 1.78. The number of hydrogen-bond donors (Lipinski definition) is 1. The first-order chi connectivity index (χ1) is 16.7. The third kappa shape index (κ3) is 6.83. The first-order valence-corrected chi connectivity index (χ1v) is 14.1. The van der Waals surface area contributed by atoms with Crippen LogP contribution < -0.4 is 4.72 Å². The molecule has 0 spiro atoms. The van der Waals surface area contributed by atoms with Crippen LogP contribution >= 0.6 is 35.0 Å². The predicted octanol–water partition coefficient (Wildman–Crippen LogP) is 5.84. The zero-order chi connectivity index (χ0) is 25.0. The highest BCUT2D eigenvalue weighted by atomic mass is 35.5. The molecule has 1 N–H and O–H groups in total. The Bertz CT molecular complexity index is 1420. The number of nitrogens with zero attached hydrogens (tertiary/aromatic N) is 3. The third-order valence-electron chi connectivity index (χ3n) is 5.04. The predicted molar refractivity (Wildman–Crippen MR) is 138 cm³/mol. The Labute approximate surface area is 217 Å². The molecule has 0 saturated carbocycles.